The molecule has 0 aromatic carbocycles. The van der Waals surface area contributed by atoms with Gasteiger partial charge in [-0.1, -0.05) is 0 Å². The molecule has 1 aromatic heterocycles. The average Bonchev–Trinajstić information content (AvgIpc) is 2.49. The zero-order chi connectivity index (χ0) is 8.13. The Labute approximate surface area is 69.0 Å². The molecule has 4 heteroatoms. The SMILES string of the molecule is O=c1[nH]nc(C2CC3CC3C2)o1. The molecular formula is C8H10N2O2. The van der Waals surface area contributed by atoms with Gasteiger partial charge in [0.1, 0.15) is 0 Å². The first-order valence-electron chi connectivity index (χ1n) is 4.38. The number of hydrogen-bond acceptors (Lipinski definition) is 3. The maximum absolute atomic E-state index is 10.7. The summed E-state index contributed by atoms with van der Waals surface area (Å²) in [5, 5.41) is 6.15. The van der Waals surface area contributed by atoms with Gasteiger partial charge in [-0.25, -0.2) is 9.89 Å². The summed E-state index contributed by atoms with van der Waals surface area (Å²) >= 11 is 0. The maximum atomic E-state index is 10.7. The van der Waals surface area contributed by atoms with Crippen molar-refractivity contribution < 1.29 is 4.42 Å². The number of aromatic nitrogens is 2. The van der Waals surface area contributed by atoms with Gasteiger partial charge < -0.3 is 4.42 Å². The van der Waals surface area contributed by atoms with Gasteiger partial charge >= 0.3 is 5.76 Å². The van der Waals surface area contributed by atoms with Crippen molar-refractivity contribution in [2.45, 2.75) is 25.2 Å². The lowest BCUT2D eigenvalue weighted by atomic mass is 10.0. The Morgan fingerprint density at radius 3 is 2.67 bits per heavy atom. The van der Waals surface area contributed by atoms with Gasteiger partial charge in [-0.3, -0.25) is 0 Å². The van der Waals surface area contributed by atoms with E-state index in [4.69, 9.17) is 4.42 Å². The Balaban J connectivity index is 1.85. The second kappa shape index (κ2) is 2.00. The summed E-state index contributed by atoms with van der Waals surface area (Å²) in [4.78, 5) is 10.7. The van der Waals surface area contributed by atoms with E-state index in [1.165, 1.54) is 19.3 Å². The normalized spacial score (nSPS) is 38.2. The molecule has 2 fully saturated rings. The van der Waals surface area contributed by atoms with E-state index in [2.05, 4.69) is 10.2 Å². The molecular weight excluding hydrogens is 156 g/mol. The molecule has 2 atom stereocenters. The summed E-state index contributed by atoms with van der Waals surface area (Å²) in [5.74, 6) is 2.40. The predicted octanol–water partition coefficient (Wildman–Crippen LogP) is 0.876. The van der Waals surface area contributed by atoms with Crippen LogP contribution >= 0.6 is 0 Å². The van der Waals surface area contributed by atoms with Gasteiger partial charge in [-0.15, -0.1) is 5.10 Å². The van der Waals surface area contributed by atoms with Gasteiger partial charge in [0.15, 0.2) is 0 Å². The summed E-state index contributed by atoms with van der Waals surface area (Å²) in [6, 6.07) is 0. The highest BCUT2D eigenvalue weighted by Crippen LogP contribution is 2.56. The van der Waals surface area contributed by atoms with E-state index in [0.717, 1.165) is 11.8 Å². The van der Waals surface area contributed by atoms with Crippen molar-refractivity contribution in [3.8, 4) is 0 Å². The third kappa shape index (κ3) is 0.838. The average molecular weight is 166 g/mol. The maximum Gasteiger partial charge on any atom is 0.434 e. The van der Waals surface area contributed by atoms with Crippen LogP contribution in [0.4, 0.5) is 0 Å². The second-order valence-electron chi connectivity index (χ2n) is 3.88. The van der Waals surface area contributed by atoms with E-state index in [9.17, 15) is 4.79 Å². The first-order valence-corrected chi connectivity index (χ1v) is 4.38. The summed E-state index contributed by atoms with van der Waals surface area (Å²) in [6.45, 7) is 0. The number of hydrogen-bond donors (Lipinski definition) is 1. The molecule has 0 amide bonds. The highest BCUT2D eigenvalue weighted by atomic mass is 16.4. The molecule has 1 heterocycles. The van der Waals surface area contributed by atoms with E-state index in [0.29, 0.717) is 11.8 Å². The molecule has 2 aliphatic carbocycles. The highest BCUT2D eigenvalue weighted by Gasteiger charge is 2.47. The van der Waals surface area contributed by atoms with E-state index in [-0.39, 0.29) is 0 Å². The molecule has 0 aliphatic heterocycles. The van der Waals surface area contributed by atoms with Gasteiger partial charge in [0.05, 0.1) is 0 Å². The molecule has 3 rings (SSSR count). The fourth-order valence-corrected chi connectivity index (χ4v) is 2.33. The zero-order valence-electron chi connectivity index (χ0n) is 6.62. The smallest absolute Gasteiger partial charge is 0.392 e. The van der Waals surface area contributed by atoms with Gasteiger partial charge in [-0.2, -0.15) is 0 Å². The Kier molecular flexibility index (Phi) is 1.07. The van der Waals surface area contributed by atoms with Crippen LogP contribution in [0.1, 0.15) is 31.1 Å². The number of fused-ring (bicyclic) bond motifs is 1. The molecule has 0 radical (unpaired) electrons. The van der Waals surface area contributed by atoms with Crippen molar-refractivity contribution in [1.82, 2.24) is 10.2 Å². The number of H-pyrrole nitrogens is 1. The summed E-state index contributed by atoms with van der Waals surface area (Å²) < 4.78 is 4.91. The van der Waals surface area contributed by atoms with E-state index < -0.39 is 5.76 Å². The van der Waals surface area contributed by atoms with E-state index in [1.54, 1.807) is 0 Å². The highest BCUT2D eigenvalue weighted by molar-refractivity contribution is 5.05. The molecule has 12 heavy (non-hydrogen) atoms. The van der Waals surface area contributed by atoms with Gasteiger partial charge in [0, 0.05) is 5.92 Å². The molecule has 2 aliphatic rings. The second-order valence-corrected chi connectivity index (χ2v) is 3.88. The van der Waals surface area contributed by atoms with Crippen LogP contribution in [0, 0.1) is 11.8 Å². The molecule has 2 saturated carbocycles. The first kappa shape index (κ1) is 6.46. The molecule has 64 valence electrons. The van der Waals surface area contributed by atoms with Crippen LogP contribution < -0.4 is 5.76 Å². The Hall–Kier alpha value is -1.06. The van der Waals surface area contributed by atoms with Gasteiger partial charge in [0.25, 0.3) is 0 Å². The van der Waals surface area contributed by atoms with Gasteiger partial charge in [-0.05, 0) is 31.1 Å². The predicted molar refractivity (Wildman–Crippen MR) is 40.7 cm³/mol. The number of aromatic amines is 1. The van der Waals surface area contributed by atoms with Crippen LogP contribution in [0.5, 0.6) is 0 Å². The Morgan fingerprint density at radius 1 is 1.33 bits per heavy atom. The molecule has 1 N–H and O–H groups in total. The minimum absolute atomic E-state index is 0.410. The third-order valence-electron chi connectivity index (χ3n) is 3.05. The van der Waals surface area contributed by atoms with E-state index in [1.807, 2.05) is 0 Å². The van der Waals surface area contributed by atoms with Crippen molar-refractivity contribution in [3.63, 3.8) is 0 Å². The van der Waals surface area contributed by atoms with Crippen LogP contribution in [-0.2, 0) is 0 Å². The van der Waals surface area contributed by atoms with Crippen LogP contribution in [-0.4, -0.2) is 10.2 Å². The monoisotopic (exact) mass is 166 g/mol. The van der Waals surface area contributed by atoms with Crippen LogP contribution in [0.3, 0.4) is 0 Å². The summed E-state index contributed by atoms with van der Waals surface area (Å²) in [5.41, 5.74) is 0. The van der Waals surface area contributed by atoms with Crippen LogP contribution in [0.2, 0.25) is 0 Å². The van der Waals surface area contributed by atoms with Crippen molar-refractivity contribution >= 4 is 0 Å². The zero-order valence-corrected chi connectivity index (χ0v) is 6.62. The quantitative estimate of drug-likeness (QED) is 0.673. The first-order chi connectivity index (χ1) is 5.83. The minimum atomic E-state index is -0.425. The lowest BCUT2D eigenvalue weighted by molar-refractivity contribution is 0.410. The third-order valence-corrected chi connectivity index (χ3v) is 3.05. The summed E-state index contributed by atoms with van der Waals surface area (Å²) in [6.07, 6.45) is 3.71. The Morgan fingerprint density at radius 2 is 2.08 bits per heavy atom. The molecule has 4 nitrogen and oxygen atoms in total. The minimum Gasteiger partial charge on any atom is -0.392 e. The lowest BCUT2D eigenvalue weighted by Crippen LogP contribution is -1.96. The lowest BCUT2D eigenvalue weighted by Gasteiger charge is -2.03. The number of nitrogens with zero attached hydrogens (tertiary/aromatic N) is 1. The summed E-state index contributed by atoms with van der Waals surface area (Å²) in [7, 11) is 0. The van der Waals surface area contributed by atoms with E-state index >= 15 is 0 Å². The molecule has 0 bridgehead atoms. The Bertz CT molecular complexity index is 344. The van der Waals surface area contributed by atoms with Crippen molar-refractivity contribution in [2.75, 3.05) is 0 Å². The topological polar surface area (TPSA) is 58.9 Å². The largest absolute Gasteiger partial charge is 0.434 e. The molecule has 2 unspecified atom stereocenters. The fourth-order valence-electron chi connectivity index (χ4n) is 2.33. The van der Waals surface area contributed by atoms with Crippen LogP contribution in [0.25, 0.3) is 0 Å². The number of nitrogens with one attached hydrogen (secondary N) is 1. The molecule has 1 aromatic rings. The van der Waals surface area contributed by atoms with Crippen LogP contribution in [0.15, 0.2) is 9.21 Å². The number of rotatable bonds is 1. The van der Waals surface area contributed by atoms with Crippen molar-refractivity contribution in [3.05, 3.63) is 16.4 Å². The van der Waals surface area contributed by atoms with Crippen molar-refractivity contribution in [1.29, 1.82) is 0 Å². The fraction of sp³-hybridized carbons (Fsp3) is 0.750. The standard InChI is InChI=1S/C8H10N2O2/c11-8-10-9-7(12-8)6-2-4-1-5(4)3-6/h4-6H,1-3H2,(H,10,11). The van der Waals surface area contributed by atoms with Crippen molar-refractivity contribution in [2.24, 2.45) is 11.8 Å². The molecule has 0 saturated heterocycles. The molecule has 0 spiro atoms. The van der Waals surface area contributed by atoms with Gasteiger partial charge in [0.2, 0.25) is 5.89 Å².